The summed E-state index contributed by atoms with van der Waals surface area (Å²) in [7, 11) is 0. The van der Waals surface area contributed by atoms with Crippen molar-refractivity contribution in [3.63, 3.8) is 0 Å². The first-order valence-electron chi connectivity index (χ1n) is 9.05. The molecule has 1 heterocycles. The molecular weight excluding hydrogens is 344 g/mol. The molecule has 0 saturated carbocycles. The molecule has 142 valence electrons. The second-order valence-corrected chi connectivity index (χ2v) is 6.83. The molecule has 7 heteroatoms. The van der Waals surface area contributed by atoms with E-state index in [0.29, 0.717) is 12.2 Å². The summed E-state index contributed by atoms with van der Waals surface area (Å²) in [6.45, 7) is 6.84. The van der Waals surface area contributed by atoms with Crippen molar-refractivity contribution in [3.8, 4) is 0 Å². The van der Waals surface area contributed by atoms with E-state index >= 15 is 0 Å². The normalized spacial score (nSPS) is 15.4. The van der Waals surface area contributed by atoms with Gasteiger partial charge < -0.3 is 5.32 Å². The van der Waals surface area contributed by atoms with Crippen LogP contribution in [0.15, 0.2) is 48.5 Å². The van der Waals surface area contributed by atoms with Crippen LogP contribution in [0.2, 0.25) is 0 Å². The van der Waals surface area contributed by atoms with Gasteiger partial charge in [-0.2, -0.15) is 0 Å². The predicted octanol–water partition coefficient (Wildman–Crippen LogP) is 2.66. The lowest BCUT2D eigenvalue weighted by Gasteiger charge is -2.34. The van der Waals surface area contributed by atoms with Gasteiger partial charge in [0, 0.05) is 50.5 Å². The van der Waals surface area contributed by atoms with Crippen LogP contribution in [0.1, 0.15) is 11.1 Å². The first-order valence-corrected chi connectivity index (χ1v) is 9.05. The Morgan fingerprint density at radius 2 is 1.78 bits per heavy atom. The van der Waals surface area contributed by atoms with Gasteiger partial charge in [-0.3, -0.25) is 24.7 Å². The highest BCUT2D eigenvalue weighted by Crippen LogP contribution is 2.17. The van der Waals surface area contributed by atoms with Crippen LogP contribution in [-0.2, 0) is 11.3 Å². The molecule has 7 nitrogen and oxygen atoms in total. The first-order chi connectivity index (χ1) is 13.0. The number of nitrogens with one attached hydrogen (secondary N) is 1. The predicted molar refractivity (Wildman–Crippen MR) is 105 cm³/mol. The van der Waals surface area contributed by atoms with Crippen molar-refractivity contribution in [2.75, 3.05) is 38.0 Å². The van der Waals surface area contributed by atoms with Crippen LogP contribution in [0, 0.1) is 17.0 Å². The van der Waals surface area contributed by atoms with E-state index in [4.69, 9.17) is 0 Å². The number of amides is 1. The van der Waals surface area contributed by atoms with Gasteiger partial charge in [-0.05, 0) is 24.1 Å². The van der Waals surface area contributed by atoms with Gasteiger partial charge in [-0.25, -0.2) is 0 Å². The number of piperazine rings is 1. The molecule has 0 unspecified atom stereocenters. The van der Waals surface area contributed by atoms with Crippen LogP contribution in [0.3, 0.4) is 0 Å². The molecule has 1 aliphatic rings. The fraction of sp³-hybridized carbons (Fsp3) is 0.350. The summed E-state index contributed by atoms with van der Waals surface area (Å²) in [6.07, 6.45) is 0. The monoisotopic (exact) mass is 368 g/mol. The highest BCUT2D eigenvalue weighted by Gasteiger charge is 2.19. The molecule has 0 atom stereocenters. The van der Waals surface area contributed by atoms with Crippen LogP contribution < -0.4 is 5.32 Å². The Kier molecular flexibility index (Phi) is 6.16. The molecule has 2 aromatic carbocycles. The number of carbonyl (C=O) groups is 1. The molecule has 0 spiro atoms. The molecule has 3 rings (SSSR count). The van der Waals surface area contributed by atoms with Gasteiger partial charge in [0.05, 0.1) is 11.5 Å². The summed E-state index contributed by atoms with van der Waals surface area (Å²) in [5.41, 5.74) is 3.07. The van der Waals surface area contributed by atoms with Gasteiger partial charge in [0.2, 0.25) is 5.91 Å². The zero-order valence-corrected chi connectivity index (χ0v) is 15.4. The maximum absolute atomic E-state index is 12.2. The zero-order valence-electron chi connectivity index (χ0n) is 15.4. The highest BCUT2D eigenvalue weighted by atomic mass is 16.6. The van der Waals surface area contributed by atoms with E-state index in [1.165, 1.54) is 23.3 Å². The number of non-ortho nitro benzene ring substituents is 1. The molecule has 27 heavy (non-hydrogen) atoms. The highest BCUT2D eigenvalue weighted by molar-refractivity contribution is 5.92. The molecular formula is C20H24N4O3. The van der Waals surface area contributed by atoms with Crippen molar-refractivity contribution in [2.45, 2.75) is 13.5 Å². The fourth-order valence-corrected chi connectivity index (χ4v) is 3.23. The number of nitro benzene ring substituents is 1. The van der Waals surface area contributed by atoms with Crippen molar-refractivity contribution < 1.29 is 9.72 Å². The third-order valence-corrected chi connectivity index (χ3v) is 4.83. The Bertz CT molecular complexity index is 816. The molecule has 1 saturated heterocycles. The van der Waals surface area contributed by atoms with Gasteiger partial charge in [0.25, 0.3) is 5.69 Å². The van der Waals surface area contributed by atoms with Crippen LogP contribution in [-0.4, -0.2) is 53.4 Å². The number of nitro groups is 1. The Labute approximate surface area is 158 Å². The van der Waals surface area contributed by atoms with Crippen molar-refractivity contribution in [3.05, 3.63) is 69.8 Å². The molecule has 1 aliphatic heterocycles. The lowest BCUT2D eigenvalue weighted by atomic mass is 10.1. The summed E-state index contributed by atoms with van der Waals surface area (Å²) in [5.74, 6) is -0.150. The number of aryl methyl sites for hydroxylation is 1. The van der Waals surface area contributed by atoms with Gasteiger partial charge in [-0.1, -0.05) is 30.3 Å². The van der Waals surface area contributed by atoms with Gasteiger partial charge in [0.15, 0.2) is 0 Å². The number of benzene rings is 2. The van der Waals surface area contributed by atoms with E-state index in [0.717, 1.165) is 32.7 Å². The summed E-state index contributed by atoms with van der Waals surface area (Å²) in [5, 5.41) is 13.6. The number of hydrogen-bond acceptors (Lipinski definition) is 5. The minimum atomic E-state index is -0.469. The molecule has 0 radical (unpaired) electrons. The lowest BCUT2D eigenvalue weighted by Crippen LogP contribution is -2.48. The van der Waals surface area contributed by atoms with Crippen LogP contribution in [0.4, 0.5) is 11.4 Å². The van der Waals surface area contributed by atoms with E-state index < -0.39 is 4.92 Å². The lowest BCUT2D eigenvalue weighted by molar-refractivity contribution is -0.384. The summed E-state index contributed by atoms with van der Waals surface area (Å²) in [6, 6.07) is 14.4. The molecule has 1 fully saturated rings. The standard InChI is InChI=1S/C20H24N4O3/c1-16-5-2-3-6-17(16)14-22-9-11-23(12-10-22)15-20(25)21-18-7-4-8-19(13-18)24(26)27/h2-8,13H,9-12,14-15H2,1H3,(H,21,25). The third kappa shape index (κ3) is 5.35. The van der Waals surface area contributed by atoms with Crippen molar-refractivity contribution in [1.29, 1.82) is 0 Å². The van der Waals surface area contributed by atoms with Gasteiger partial charge in [-0.15, -0.1) is 0 Å². The number of nitrogens with zero attached hydrogens (tertiary/aromatic N) is 3. The van der Waals surface area contributed by atoms with Crippen molar-refractivity contribution in [1.82, 2.24) is 9.80 Å². The number of carbonyl (C=O) groups excluding carboxylic acids is 1. The van der Waals surface area contributed by atoms with Crippen molar-refractivity contribution >= 4 is 17.3 Å². The minimum Gasteiger partial charge on any atom is -0.325 e. The Hall–Kier alpha value is -2.77. The van der Waals surface area contributed by atoms with E-state index in [2.05, 4.69) is 46.3 Å². The average molecular weight is 368 g/mol. The maximum Gasteiger partial charge on any atom is 0.271 e. The molecule has 2 aromatic rings. The Balaban J connectivity index is 1.46. The third-order valence-electron chi connectivity index (χ3n) is 4.83. The van der Waals surface area contributed by atoms with E-state index in [1.54, 1.807) is 12.1 Å². The fourth-order valence-electron chi connectivity index (χ4n) is 3.23. The summed E-state index contributed by atoms with van der Waals surface area (Å²) in [4.78, 5) is 27.1. The maximum atomic E-state index is 12.2. The summed E-state index contributed by atoms with van der Waals surface area (Å²) < 4.78 is 0. The van der Waals surface area contributed by atoms with Crippen LogP contribution >= 0.6 is 0 Å². The molecule has 0 bridgehead atoms. The second-order valence-electron chi connectivity index (χ2n) is 6.83. The molecule has 1 amide bonds. The molecule has 0 aromatic heterocycles. The number of rotatable bonds is 6. The van der Waals surface area contributed by atoms with E-state index in [1.807, 2.05) is 0 Å². The smallest absolute Gasteiger partial charge is 0.271 e. The van der Waals surface area contributed by atoms with E-state index in [-0.39, 0.29) is 11.6 Å². The first kappa shape index (κ1) is 19.0. The zero-order chi connectivity index (χ0) is 19.2. The Morgan fingerprint density at radius 1 is 1.07 bits per heavy atom. The van der Waals surface area contributed by atoms with Gasteiger partial charge in [0.1, 0.15) is 0 Å². The van der Waals surface area contributed by atoms with Crippen LogP contribution in [0.25, 0.3) is 0 Å². The molecule has 1 N–H and O–H groups in total. The van der Waals surface area contributed by atoms with Crippen molar-refractivity contribution in [2.24, 2.45) is 0 Å². The molecule has 0 aliphatic carbocycles. The van der Waals surface area contributed by atoms with E-state index in [9.17, 15) is 14.9 Å². The number of hydrogen-bond donors (Lipinski definition) is 1. The summed E-state index contributed by atoms with van der Waals surface area (Å²) >= 11 is 0. The SMILES string of the molecule is Cc1ccccc1CN1CCN(CC(=O)Nc2cccc([N+](=O)[O-])c2)CC1. The topological polar surface area (TPSA) is 78.7 Å². The Morgan fingerprint density at radius 3 is 2.48 bits per heavy atom. The average Bonchev–Trinajstić information content (AvgIpc) is 2.65. The minimum absolute atomic E-state index is 0.0300. The number of anilines is 1. The largest absolute Gasteiger partial charge is 0.325 e. The second kappa shape index (κ2) is 8.75. The van der Waals surface area contributed by atoms with Gasteiger partial charge >= 0.3 is 0 Å². The quantitative estimate of drug-likeness (QED) is 0.626. The van der Waals surface area contributed by atoms with Crippen LogP contribution in [0.5, 0.6) is 0 Å².